The molecule has 1 atom stereocenters. The molecule has 2 aliphatic rings. The molecule has 138 valence electrons. The summed E-state index contributed by atoms with van der Waals surface area (Å²) in [5.41, 5.74) is 9.08. The van der Waals surface area contributed by atoms with Crippen molar-refractivity contribution >= 4 is 31.4 Å². The van der Waals surface area contributed by atoms with Crippen molar-refractivity contribution in [3.8, 4) is 0 Å². The molecule has 0 saturated carbocycles. The molecule has 0 spiro atoms. The van der Waals surface area contributed by atoms with Crippen LogP contribution in [0.25, 0.3) is 21.5 Å². The number of allylic oxidation sites excluding steroid dienone is 2. The molecule has 1 unspecified atom stereocenters. The molecule has 5 rings (SSSR count). The zero-order valence-corrected chi connectivity index (χ0v) is 16.0. The minimum absolute atomic E-state index is 0.156. The van der Waals surface area contributed by atoms with Crippen LogP contribution in [-0.4, -0.2) is 14.2 Å². The number of benzene rings is 3. The highest BCUT2D eigenvalue weighted by molar-refractivity contribution is 7.94. The Hall–Kier alpha value is -2.43. The lowest BCUT2D eigenvalue weighted by molar-refractivity contribution is 0.573. The largest absolute Gasteiger partial charge is 0.324 e. The zero-order valence-electron chi connectivity index (χ0n) is 15.1. The van der Waals surface area contributed by atoms with Crippen LogP contribution in [0.3, 0.4) is 0 Å². The van der Waals surface area contributed by atoms with Crippen molar-refractivity contribution < 1.29 is 8.42 Å². The molecule has 3 nitrogen and oxygen atoms in total. The molecule has 3 aromatic rings. The third-order valence-electron chi connectivity index (χ3n) is 5.28. The minimum atomic E-state index is -2.85. The number of nitrogens with two attached hydrogens (primary N) is 1. The highest BCUT2D eigenvalue weighted by Gasteiger charge is 2.19. The quantitative estimate of drug-likeness (QED) is 0.572. The zero-order chi connectivity index (χ0) is 18.9. The summed E-state index contributed by atoms with van der Waals surface area (Å²) in [6.07, 6.45) is 8.36. The fourth-order valence-corrected chi connectivity index (χ4v) is 4.76. The molecule has 2 N–H and O–H groups in total. The molecule has 1 aliphatic carbocycles. The Balaban J connectivity index is 0.000000190. The van der Waals surface area contributed by atoms with E-state index in [9.17, 15) is 8.42 Å². The Kier molecular flexibility index (Phi) is 4.85. The van der Waals surface area contributed by atoms with Gasteiger partial charge >= 0.3 is 0 Å². The van der Waals surface area contributed by atoms with Crippen molar-refractivity contribution in [1.29, 1.82) is 0 Å². The molecule has 0 radical (unpaired) electrons. The van der Waals surface area contributed by atoms with E-state index in [1.54, 1.807) is 12.2 Å². The van der Waals surface area contributed by atoms with Crippen molar-refractivity contribution in [2.75, 3.05) is 5.75 Å². The number of sulfone groups is 1. The summed E-state index contributed by atoms with van der Waals surface area (Å²) in [5, 5.41) is 6.64. The topological polar surface area (TPSA) is 60.2 Å². The van der Waals surface area contributed by atoms with Crippen molar-refractivity contribution in [3.05, 3.63) is 83.3 Å². The number of rotatable bonds is 0. The summed E-state index contributed by atoms with van der Waals surface area (Å²) in [7, 11) is -2.85. The first-order valence-corrected chi connectivity index (χ1v) is 11.0. The van der Waals surface area contributed by atoms with Gasteiger partial charge < -0.3 is 5.73 Å². The summed E-state index contributed by atoms with van der Waals surface area (Å²) in [6.45, 7) is 0. The molecule has 3 aromatic carbocycles. The van der Waals surface area contributed by atoms with Crippen LogP contribution in [0.5, 0.6) is 0 Å². The average Bonchev–Trinajstić information content (AvgIpc) is 2.68. The monoisotopic (exact) mass is 377 g/mol. The van der Waals surface area contributed by atoms with Gasteiger partial charge in [-0.1, -0.05) is 66.8 Å². The van der Waals surface area contributed by atoms with Gasteiger partial charge in [0.15, 0.2) is 9.84 Å². The van der Waals surface area contributed by atoms with Crippen LogP contribution in [0, 0.1) is 0 Å². The van der Waals surface area contributed by atoms with E-state index in [4.69, 9.17) is 5.73 Å². The molecule has 4 heteroatoms. The molecular formula is C23H23NO2S. The van der Waals surface area contributed by atoms with Crippen molar-refractivity contribution in [2.45, 2.75) is 25.3 Å². The van der Waals surface area contributed by atoms with Crippen LogP contribution < -0.4 is 5.73 Å². The Morgan fingerprint density at radius 2 is 1.70 bits per heavy atom. The van der Waals surface area contributed by atoms with E-state index in [-0.39, 0.29) is 11.8 Å². The van der Waals surface area contributed by atoms with Gasteiger partial charge in [-0.05, 0) is 51.9 Å². The van der Waals surface area contributed by atoms with Crippen LogP contribution in [0.2, 0.25) is 0 Å². The van der Waals surface area contributed by atoms with Gasteiger partial charge in [-0.2, -0.15) is 0 Å². The fourth-order valence-electron chi connectivity index (χ4n) is 3.94. The number of aryl methyl sites for hydroxylation is 1. The van der Waals surface area contributed by atoms with Gasteiger partial charge in [0.2, 0.25) is 0 Å². The van der Waals surface area contributed by atoms with Gasteiger partial charge in [0.05, 0.1) is 5.75 Å². The van der Waals surface area contributed by atoms with Crippen LogP contribution >= 0.6 is 0 Å². The lowest BCUT2D eigenvalue weighted by Crippen LogP contribution is -2.17. The second-order valence-electron chi connectivity index (χ2n) is 7.10. The average molecular weight is 378 g/mol. The van der Waals surface area contributed by atoms with E-state index in [1.165, 1.54) is 57.0 Å². The van der Waals surface area contributed by atoms with Crippen LogP contribution in [0.4, 0.5) is 0 Å². The predicted molar refractivity (Wildman–Crippen MR) is 113 cm³/mol. The summed E-state index contributed by atoms with van der Waals surface area (Å²) >= 11 is 0. The predicted octanol–water partition coefficient (Wildman–Crippen LogP) is 4.81. The van der Waals surface area contributed by atoms with Gasteiger partial charge in [0, 0.05) is 11.4 Å². The molecule has 0 fully saturated rings. The number of hydrogen-bond donors (Lipinski definition) is 1. The second-order valence-corrected chi connectivity index (χ2v) is 9.03. The fraction of sp³-hybridized carbons (Fsp3) is 0.217. The van der Waals surface area contributed by atoms with E-state index in [0.29, 0.717) is 0 Å². The van der Waals surface area contributed by atoms with E-state index < -0.39 is 9.84 Å². The maximum absolute atomic E-state index is 10.5. The number of hydrogen-bond acceptors (Lipinski definition) is 3. The SMILES string of the molecule is NC1CCCc2c1ccc1c2ccc2ccccc21.O=S1(=O)C=CC=CC1. The van der Waals surface area contributed by atoms with Crippen molar-refractivity contribution in [2.24, 2.45) is 5.73 Å². The highest BCUT2D eigenvalue weighted by Crippen LogP contribution is 2.36. The Morgan fingerprint density at radius 3 is 2.44 bits per heavy atom. The third-order valence-corrected chi connectivity index (χ3v) is 6.51. The van der Waals surface area contributed by atoms with E-state index >= 15 is 0 Å². The summed E-state index contributed by atoms with van der Waals surface area (Å²) in [5.74, 6) is 0.156. The van der Waals surface area contributed by atoms with Gasteiger partial charge in [-0.15, -0.1) is 0 Å². The summed E-state index contributed by atoms with van der Waals surface area (Å²) < 4.78 is 21.0. The van der Waals surface area contributed by atoms with Crippen molar-refractivity contribution in [1.82, 2.24) is 0 Å². The molecule has 1 aliphatic heterocycles. The van der Waals surface area contributed by atoms with E-state index in [1.807, 2.05) is 0 Å². The first-order chi connectivity index (χ1) is 13.1. The maximum atomic E-state index is 10.5. The second kappa shape index (κ2) is 7.29. The smallest absolute Gasteiger partial charge is 0.175 e. The Labute approximate surface area is 160 Å². The molecule has 27 heavy (non-hydrogen) atoms. The molecular weight excluding hydrogens is 354 g/mol. The first-order valence-electron chi connectivity index (χ1n) is 9.30. The van der Waals surface area contributed by atoms with Gasteiger partial charge in [0.25, 0.3) is 0 Å². The Morgan fingerprint density at radius 1 is 0.889 bits per heavy atom. The lowest BCUT2D eigenvalue weighted by atomic mass is 9.84. The van der Waals surface area contributed by atoms with Crippen molar-refractivity contribution in [3.63, 3.8) is 0 Å². The van der Waals surface area contributed by atoms with E-state index in [0.717, 1.165) is 6.42 Å². The molecule has 0 bridgehead atoms. The summed E-state index contributed by atoms with van der Waals surface area (Å²) in [6, 6.07) is 17.8. The maximum Gasteiger partial charge on any atom is 0.175 e. The summed E-state index contributed by atoms with van der Waals surface area (Å²) in [4.78, 5) is 0. The Bertz CT molecular complexity index is 1160. The molecule has 0 aromatic heterocycles. The van der Waals surface area contributed by atoms with Crippen LogP contribution in [0.1, 0.15) is 30.0 Å². The molecule has 1 heterocycles. The lowest BCUT2D eigenvalue weighted by Gasteiger charge is -2.24. The van der Waals surface area contributed by atoms with Crippen LogP contribution in [0.15, 0.2) is 72.2 Å². The van der Waals surface area contributed by atoms with Crippen LogP contribution in [-0.2, 0) is 16.3 Å². The van der Waals surface area contributed by atoms with E-state index in [2.05, 4.69) is 48.5 Å². The normalized spacial score (nSPS) is 20.1. The van der Waals surface area contributed by atoms with Gasteiger partial charge in [-0.3, -0.25) is 0 Å². The van der Waals surface area contributed by atoms with Gasteiger partial charge in [0.1, 0.15) is 0 Å². The first kappa shape index (κ1) is 18.0. The highest BCUT2D eigenvalue weighted by atomic mass is 32.2. The van der Waals surface area contributed by atoms with Gasteiger partial charge in [-0.25, -0.2) is 8.42 Å². The minimum Gasteiger partial charge on any atom is -0.324 e. The molecule has 0 amide bonds. The third kappa shape index (κ3) is 3.68. The standard InChI is InChI=1S/C18H17N.C5H6O2S/c19-18-7-3-6-14-16-9-8-12-4-1-2-5-13(12)15(16)10-11-17(14)18;6-8(7)4-2-1-3-5-8/h1-2,4-5,8-11,18H,3,6-7,19H2;1-4H,5H2. The number of fused-ring (bicyclic) bond motifs is 5. The molecule has 0 saturated heterocycles.